The molecule has 0 aromatic heterocycles. The molecule has 0 heterocycles. The van der Waals surface area contributed by atoms with Crippen LogP contribution in [0.15, 0.2) is 84.0 Å². The Morgan fingerprint density at radius 1 is 0.531 bits per heavy atom. The Hall–Kier alpha value is -3.68. The van der Waals surface area contributed by atoms with Crippen LogP contribution in [0.25, 0.3) is 11.1 Å². The molecule has 8 heteroatoms. The number of alkyl halides is 6. The molecule has 0 aliphatic heterocycles. The van der Waals surface area contributed by atoms with Gasteiger partial charge in [0.05, 0.1) is 0 Å². The van der Waals surface area contributed by atoms with E-state index in [0.29, 0.717) is 12.2 Å². The standard InChI is InChI=1S/C24H12F6O2/c25-23(26,27)19-11-13(15-5-1-3-7-17(15)21(19)31)9-10-14-12-20(24(28,29)30)22(32)18-8-4-2-6-16(14)18/h1-12H. The van der Waals surface area contributed by atoms with Crippen molar-refractivity contribution < 1.29 is 35.9 Å². The summed E-state index contributed by atoms with van der Waals surface area (Å²) < 4.78 is 80.2. The van der Waals surface area contributed by atoms with Gasteiger partial charge in [-0.15, -0.1) is 0 Å². The zero-order valence-electron chi connectivity index (χ0n) is 16.0. The Balaban J connectivity index is 1.91. The fourth-order valence-electron chi connectivity index (χ4n) is 3.63. The molecule has 0 fully saturated rings. The van der Waals surface area contributed by atoms with Crippen molar-refractivity contribution in [3.05, 3.63) is 106 Å². The van der Waals surface area contributed by atoms with Gasteiger partial charge in [0.2, 0.25) is 0 Å². The molecule has 2 aliphatic rings. The molecule has 0 N–H and O–H groups in total. The first-order valence-corrected chi connectivity index (χ1v) is 9.26. The van der Waals surface area contributed by atoms with Gasteiger partial charge in [0.25, 0.3) is 0 Å². The maximum absolute atomic E-state index is 13.4. The van der Waals surface area contributed by atoms with Crippen LogP contribution in [-0.2, 0) is 0 Å². The second kappa shape index (κ2) is 7.47. The summed E-state index contributed by atoms with van der Waals surface area (Å²) in [5, 5.41) is 0. The Morgan fingerprint density at radius 2 is 0.844 bits per heavy atom. The van der Waals surface area contributed by atoms with Gasteiger partial charge in [-0.3, -0.25) is 9.59 Å². The van der Waals surface area contributed by atoms with Crippen molar-refractivity contribution in [3.63, 3.8) is 0 Å². The number of benzene rings is 2. The number of rotatable bonds is 1. The first kappa shape index (κ1) is 21.5. The van der Waals surface area contributed by atoms with E-state index in [4.69, 9.17) is 0 Å². The van der Waals surface area contributed by atoms with Crippen LogP contribution < -0.4 is 0 Å². The molecule has 2 aliphatic carbocycles. The average Bonchev–Trinajstić information content (AvgIpc) is 2.73. The van der Waals surface area contributed by atoms with Crippen LogP contribution in [0, 0.1) is 0 Å². The molecule has 4 rings (SSSR count). The third-order valence-corrected chi connectivity index (χ3v) is 5.11. The van der Waals surface area contributed by atoms with Gasteiger partial charge in [-0.05, 0) is 34.4 Å². The van der Waals surface area contributed by atoms with Gasteiger partial charge in [0.15, 0.2) is 11.6 Å². The number of Topliss-reactive ketones (excluding diaryl/α,β-unsaturated/α-hetero) is 2. The highest BCUT2D eigenvalue weighted by Crippen LogP contribution is 2.39. The largest absolute Gasteiger partial charge is 0.420 e. The Morgan fingerprint density at radius 3 is 1.16 bits per heavy atom. The molecule has 2 aromatic carbocycles. The number of fused-ring (bicyclic) bond motifs is 2. The molecular weight excluding hydrogens is 434 g/mol. The first-order valence-electron chi connectivity index (χ1n) is 9.26. The third-order valence-electron chi connectivity index (χ3n) is 5.11. The van der Waals surface area contributed by atoms with E-state index in [2.05, 4.69) is 0 Å². The van der Waals surface area contributed by atoms with Crippen LogP contribution in [0.3, 0.4) is 0 Å². The predicted octanol–water partition coefficient (Wildman–Crippen LogP) is 6.52. The number of carbonyl (C=O) groups is 2. The highest BCUT2D eigenvalue weighted by Gasteiger charge is 2.42. The zero-order valence-corrected chi connectivity index (χ0v) is 16.0. The van der Waals surface area contributed by atoms with Gasteiger partial charge >= 0.3 is 12.4 Å². The van der Waals surface area contributed by atoms with Gasteiger partial charge in [-0.2, -0.15) is 26.3 Å². The Kier molecular flexibility index (Phi) is 5.03. The molecule has 0 unspecified atom stereocenters. The minimum Gasteiger partial charge on any atom is -0.289 e. The minimum atomic E-state index is -4.90. The highest BCUT2D eigenvalue weighted by molar-refractivity contribution is 6.18. The lowest BCUT2D eigenvalue weighted by molar-refractivity contribution is -0.0898. The fraction of sp³-hybridized carbons (Fsp3) is 0.0833. The molecule has 0 radical (unpaired) electrons. The van der Waals surface area contributed by atoms with E-state index in [9.17, 15) is 35.9 Å². The number of hydrogen-bond acceptors (Lipinski definition) is 2. The Bertz CT molecular complexity index is 1170. The van der Waals surface area contributed by atoms with E-state index < -0.39 is 35.1 Å². The van der Waals surface area contributed by atoms with E-state index in [1.807, 2.05) is 0 Å². The van der Waals surface area contributed by atoms with Crippen LogP contribution >= 0.6 is 0 Å². The van der Waals surface area contributed by atoms with Gasteiger partial charge in [0, 0.05) is 11.1 Å². The molecule has 2 nitrogen and oxygen atoms in total. The van der Waals surface area contributed by atoms with Crippen LogP contribution in [0.1, 0.15) is 31.8 Å². The summed E-state index contributed by atoms with van der Waals surface area (Å²) >= 11 is 0. The van der Waals surface area contributed by atoms with Gasteiger partial charge in [0.1, 0.15) is 11.1 Å². The van der Waals surface area contributed by atoms with Gasteiger partial charge in [-0.25, -0.2) is 0 Å². The smallest absolute Gasteiger partial charge is 0.289 e. The number of halogens is 6. The molecule has 0 atom stereocenters. The fourth-order valence-corrected chi connectivity index (χ4v) is 3.63. The second-order valence-corrected chi connectivity index (χ2v) is 7.10. The lowest BCUT2D eigenvalue weighted by Gasteiger charge is -2.21. The van der Waals surface area contributed by atoms with Crippen LogP contribution in [0.4, 0.5) is 26.3 Å². The van der Waals surface area contributed by atoms with Crippen molar-refractivity contribution in [1.82, 2.24) is 0 Å². The topological polar surface area (TPSA) is 34.1 Å². The van der Waals surface area contributed by atoms with Crippen molar-refractivity contribution >= 4 is 22.7 Å². The number of hydrogen-bond donors (Lipinski definition) is 0. The van der Waals surface area contributed by atoms with Crippen molar-refractivity contribution in [2.24, 2.45) is 0 Å². The zero-order chi connectivity index (χ0) is 23.3. The molecule has 0 bridgehead atoms. The minimum absolute atomic E-state index is 0.0105. The summed E-state index contributed by atoms with van der Waals surface area (Å²) in [5.74, 6) is -2.35. The lowest BCUT2D eigenvalue weighted by atomic mass is 9.84. The maximum Gasteiger partial charge on any atom is 0.420 e. The summed E-state index contributed by atoms with van der Waals surface area (Å²) in [4.78, 5) is 24.5. The van der Waals surface area contributed by atoms with E-state index in [1.165, 1.54) is 60.7 Å². The van der Waals surface area contributed by atoms with Crippen LogP contribution in [0.2, 0.25) is 0 Å². The van der Waals surface area contributed by atoms with E-state index in [-0.39, 0.29) is 33.4 Å². The molecule has 0 spiro atoms. The second-order valence-electron chi connectivity index (χ2n) is 7.10. The molecular formula is C24H12F6O2. The number of ketones is 2. The Labute approximate surface area is 177 Å². The maximum atomic E-state index is 13.4. The molecule has 0 amide bonds. The average molecular weight is 446 g/mol. The highest BCUT2D eigenvalue weighted by atomic mass is 19.4. The van der Waals surface area contributed by atoms with Gasteiger partial charge < -0.3 is 0 Å². The molecule has 32 heavy (non-hydrogen) atoms. The molecule has 162 valence electrons. The van der Waals surface area contributed by atoms with Crippen LogP contribution in [-0.4, -0.2) is 23.9 Å². The van der Waals surface area contributed by atoms with Crippen molar-refractivity contribution in [3.8, 4) is 0 Å². The molecule has 0 saturated carbocycles. The normalized spacial score (nSPS) is 18.9. The van der Waals surface area contributed by atoms with Gasteiger partial charge in [-0.1, -0.05) is 60.7 Å². The summed E-state index contributed by atoms with van der Waals surface area (Å²) in [6.07, 6.45) is -6.02. The first-order chi connectivity index (χ1) is 15.0. The molecule has 0 saturated heterocycles. The van der Waals surface area contributed by atoms with E-state index in [0.717, 1.165) is 0 Å². The van der Waals surface area contributed by atoms with Crippen LogP contribution in [0.5, 0.6) is 0 Å². The van der Waals surface area contributed by atoms with E-state index in [1.54, 1.807) is 0 Å². The van der Waals surface area contributed by atoms with Crippen molar-refractivity contribution in [1.29, 1.82) is 0 Å². The summed E-state index contributed by atoms with van der Waals surface area (Å²) in [6, 6.07) is 11.3. The SMILES string of the molecule is O=C1C(C(F)(F)F)=CC(=CC=C2C=C(C(F)(F)F)C(=O)c3ccccc32)c2ccccc21. The lowest BCUT2D eigenvalue weighted by Crippen LogP contribution is -2.24. The summed E-state index contributed by atoms with van der Waals surface area (Å²) in [5.41, 5.74) is -2.58. The monoisotopic (exact) mass is 446 g/mol. The summed E-state index contributed by atoms with van der Waals surface area (Å²) in [6.45, 7) is 0. The van der Waals surface area contributed by atoms with Crippen molar-refractivity contribution in [2.75, 3.05) is 0 Å². The molecule has 2 aromatic rings. The quantitative estimate of drug-likeness (QED) is 0.467. The third kappa shape index (κ3) is 3.72. The number of allylic oxidation sites excluding steroid dienone is 8. The van der Waals surface area contributed by atoms with E-state index >= 15 is 0 Å². The van der Waals surface area contributed by atoms with Crippen molar-refractivity contribution in [2.45, 2.75) is 12.4 Å². The number of carbonyl (C=O) groups excluding carboxylic acids is 2. The summed E-state index contributed by atoms with van der Waals surface area (Å²) in [7, 11) is 0. The predicted molar refractivity (Wildman–Crippen MR) is 106 cm³/mol.